The Bertz CT molecular complexity index is 713. The van der Waals surface area contributed by atoms with Crippen molar-refractivity contribution in [2.75, 3.05) is 44.2 Å². The van der Waals surface area contributed by atoms with Crippen LogP contribution in [0.3, 0.4) is 0 Å². The summed E-state index contributed by atoms with van der Waals surface area (Å²) in [6.07, 6.45) is 1.73. The van der Waals surface area contributed by atoms with E-state index in [1.54, 1.807) is 0 Å². The van der Waals surface area contributed by atoms with Gasteiger partial charge in [-0.1, -0.05) is 17.8 Å². The molecule has 0 radical (unpaired) electrons. The molecule has 1 aliphatic rings. The Hall–Kier alpha value is -2.06. The number of amides is 1. The van der Waals surface area contributed by atoms with Crippen LogP contribution in [0.4, 0.5) is 10.1 Å². The van der Waals surface area contributed by atoms with Gasteiger partial charge in [-0.15, -0.1) is 5.10 Å². The fourth-order valence-corrected chi connectivity index (χ4v) is 3.70. The predicted octanol–water partition coefficient (Wildman–Crippen LogP) is 2.18. The van der Waals surface area contributed by atoms with Gasteiger partial charge in [0.25, 0.3) is 5.91 Å². The van der Waals surface area contributed by atoms with E-state index in [1.165, 1.54) is 12.1 Å². The molecule has 1 fully saturated rings. The van der Waals surface area contributed by atoms with Crippen LogP contribution in [0.5, 0.6) is 0 Å². The van der Waals surface area contributed by atoms with Gasteiger partial charge in [-0.2, -0.15) is 0 Å². The molecular weight excluding hydrogens is 353 g/mol. The number of piperazine rings is 1. The molecule has 1 aromatic heterocycles. The van der Waals surface area contributed by atoms with E-state index in [4.69, 9.17) is 0 Å². The van der Waals surface area contributed by atoms with Gasteiger partial charge in [0.1, 0.15) is 10.7 Å². The average molecular weight is 377 g/mol. The lowest BCUT2D eigenvalue weighted by molar-refractivity contribution is 0.0950. The zero-order valence-electron chi connectivity index (χ0n) is 14.9. The molecule has 1 saturated heterocycles. The Kier molecular flexibility index (Phi) is 6.51. The minimum Gasteiger partial charge on any atom is -0.369 e. The van der Waals surface area contributed by atoms with Crippen molar-refractivity contribution in [2.45, 2.75) is 19.8 Å². The van der Waals surface area contributed by atoms with Gasteiger partial charge in [0.2, 0.25) is 0 Å². The van der Waals surface area contributed by atoms with E-state index in [9.17, 15) is 9.18 Å². The first kappa shape index (κ1) is 18.7. The highest BCUT2D eigenvalue weighted by atomic mass is 32.1. The SMILES string of the molecule is CCCc1nnsc1C(=O)NCCN1CCN(c2ccc(F)cc2)CC1. The van der Waals surface area contributed by atoms with Gasteiger partial charge in [0.15, 0.2) is 0 Å². The summed E-state index contributed by atoms with van der Waals surface area (Å²) in [5.41, 5.74) is 1.85. The first-order valence-corrected chi connectivity index (χ1v) is 9.77. The van der Waals surface area contributed by atoms with Crippen molar-refractivity contribution in [1.29, 1.82) is 0 Å². The maximum Gasteiger partial charge on any atom is 0.264 e. The Morgan fingerprint density at radius 1 is 1.23 bits per heavy atom. The highest BCUT2D eigenvalue weighted by molar-refractivity contribution is 7.08. The molecule has 2 heterocycles. The number of carbonyl (C=O) groups is 1. The van der Waals surface area contributed by atoms with E-state index < -0.39 is 0 Å². The fraction of sp³-hybridized carbons (Fsp3) is 0.500. The first-order chi connectivity index (χ1) is 12.7. The summed E-state index contributed by atoms with van der Waals surface area (Å²) in [5, 5.41) is 7.01. The average Bonchev–Trinajstić information content (AvgIpc) is 3.12. The van der Waals surface area contributed by atoms with Crippen molar-refractivity contribution in [3.8, 4) is 0 Å². The standard InChI is InChI=1S/C18H24FN5OS/c1-2-3-16-17(26-22-21-16)18(25)20-8-9-23-10-12-24(13-11-23)15-6-4-14(19)5-7-15/h4-7H,2-3,8-13H2,1H3,(H,20,25). The van der Waals surface area contributed by atoms with E-state index in [0.29, 0.717) is 11.4 Å². The van der Waals surface area contributed by atoms with Crippen molar-refractivity contribution in [2.24, 2.45) is 0 Å². The molecule has 1 N–H and O–H groups in total. The number of rotatable bonds is 7. The maximum absolute atomic E-state index is 13.0. The molecule has 1 aliphatic heterocycles. The Morgan fingerprint density at radius 2 is 1.96 bits per heavy atom. The van der Waals surface area contributed by atoms with Gasteiger partial charge in [-0.3, -0.25) is 9.69 Å². The molecule has 26 heavy (non-hydrogen) atoms. The molecule has 3 rings (SSSR count). The number of nitrogens with one attached hydrogen (secondary N) is 1. The number of hydrogen-bond donors (Lipinski definition) is 1. The van der Waals surface area contributed by atoms with Gasteiger partial charge in [0.05, 0.1) is 5.69 Å². The summed E-state index contributed by atoms with van der Waals surface area (Å²) in [5.74, 6) is -0.283. The van der Waals surface area contributed by atoms with Crippen LogP contribution in [0.2, 0.25) is 0 Å². The Morgan fingerprint density at radius 3 is 2.65 bits per heavy atom. The smallest absolute Gasteiger partial charge is 0.264 e. The van der Waals surface area contributed by atoms with Crippen molar-refractivity contribution >= 4 is 23.1 Å². The predicted molar refractivity (Wildman–Crippen MR) is 101 cm³/mol. The molecule has 1 amide bonds. The van der Waals surface area contributed by atoms with E-state index in [2.05, 4.69) is 31.6 Å². The van der Waals surface area contributed by atoms with Crippen LogP contribution in [0.1, 0.15) is 28.7 Å². The highest BCUT2D eigenvalue weighted by Crippen LogP contribution is 2.17. The summed E-state index contributed by atoms with van der Waals surface area (Å²) in [6, 6.07) is 6.64. The molecule has 0 saturated carbocycles. The quantitative estimate of drug-likeness (QED) is 0.801. The van der Waals surface area contributed by atoms with Crippen molar-refractivity contribution < 1.29 is 9.18 Å². The minimum atomic E-state index is -0.207. The van der Waals surface area contributed by atoms with Gasteiger partial charge >= 0.3 is 0 Å². The maximum atomic E-state index is 13.0. The van der Waals surface area contributed by atoms with Gasteiger partial charge in [-0.05, 0) is 42.2 Å². The third-order valence-corrected chi connectivity index (χ3v) is 5.29. The summed E-state index contributed by atoms with van der Waals surface area (Å²) in [6.45, 7) is 7.15. The van der Waals surface area contributed by atoms with E-state index in [0.717, 1.165) is 68.5 Å². The monoisotopic (exact) mass is 377 g/mol. The molecule has 6 nitrogen and oxygen atoms in total. The number of anilines is 1. The van der Waals surface area contributed by atoms with Crippen LogP contribution in [0.25, 0.3) is 0 Å². The molecular formula is C18H24FN5OS. The molecule has 140 valence electrons. The van der Waals surface area contributed by atoms with Gasteiger partial charge in [-0.25, -0.2) is 4.39 Å². The third kappa shape index (κ3) is 4.76. The van der Waals surface area contributed by atoms with Crippen molar-refractivity contribution in [1.82, 2.24) is 19.8 Å². The lowest BCUT2D eigenvalue weighted by Gasteiger charge is -2.36. The number of aromatic nitrogens is 2. The molecule has 0 atom stereocenters. The van der Waals surface area contributed by atoms with Crippen molar-refractivity contribution in [3.63, 3.8) is 0 Å². The second-order valence-electron chi connectivity index (χ2n) is 6.36. The lowest BCUT2D eigenvalue weighted by atomic mass is 10.2. The summed E-state index contributed by atoms with van der Waals surface area (Å²) in [4.78, 5) is 17.5. The molecule has 1 aromatic carbocycles. The van der Waals surface area contributed by atoms with E-state index >= 15 is 0 Å². The highest BCUT2D eigenvalue weighted by Gasteiger charge is 2.18. The van der Waals surface area contributed by atoms with Crippen LogP contribution in [0, 0.1) is 5.82 Å². The molecule has 2 aromatic rings. The van der Waals surface area contributed by atoms with E-state index in [-0.39, 0.29) is 11.7 Å². The number of nitrogens with zero attached hydrogens (tertiary/aromatic N) is 4. The summed E-state index contributed by atoms with van der Waals surface area (Å²) in [7, 11) is 0. The zero-order valence-corrected chi connectivity index (χ0v) is 15.8. The van der Waals surface area contributed by atoms with Crippen LogP contribution in [-0.2, 0) is 6.42 Å². The largest absolute Gasteiger partial charge is 0.369 e. The topological polar surface area (TPSA) is 61.4 Å². The van der Waals surface area contributed by atoms with Crippen LogP contribution < -0.4 is 10.2 Å². The molecule has 0 aliphatic carbocycles. The number of benzene rings is 1. The minimum absolute atomic E-state index is 0.0756. The van der Waals surface area contributed by atoms with Gasteiger partial charge < -0.3 is 10.2 Å². The molecule has 8 heteroatoms. The molecule has 0 unspecified atom stereocenters. The number of aryl methyl sites for hydroxylation is 1. The van der Waals surface area contributed by atoms with Crippen LogP contribution in [-0.4, -0.2) is 59.7 Å². The van der Waals surface area contributed by atoms with Crippen LogP contribution >= 0.6 is 11.5 Å². The summed E-state index contributed by atoms with van der Waals surface area (Å²) >= 11 is 1.16. The summed E-state index contributed by atoms with van der Waals surface area (Å²) < 4.78 is 16.9. The second kappa shape index (κ2) is 9.05. The van der Waals surface area contributed by atoms with Crippen LogP contribution in [0.15, 0.2) is 24.3 Å². The third-order valence-electron chi connectivity index (χ3n) is 4.53. The fourth-order valence-electron chi connectivity index (χ4n) is 3.07. The Labute approximate surface area is 157 Å². The second-order valence-corrected chi connectivity index (χ2v) is 7.11. The Balaban J connectivity index is 1.40. The molecule has 0 spiro atoms. The zero-order chi connectivity index (χ0) is 18.4. The lowest BCUT2D eigenvalue weighted by Crippen LogP contribution is -2.48. The number of carbonyl (C=O) groups excluding carboxylic acids is 1. The van der Waals surface area contributed by atoms with E-state index in [1.807, 2.05) is 12.1 Å². The van der Waals surface area contributed by atoms with Crippen molar-refractivity contribution in [3.05, 3.63) is 40.7 Å². The molecule has 0 bridgehead atoms. The first-order valence-electron chi connectivity index (χ1n) is 8.99. The number of halogens is 1. The normalized spacial score (nSPS) is 15.2. The number of hydrogen-bond acceptors (Lipinski definition) is 6. The van der Waals surface area contributed by atoms with Gasteiger partial charge in [0, 0.05) is 45.0 Å².